The molecule has 0 aliphatic rings. The normalized spacial score (nSPS) is 10.8. The Morgan fingerprint density at radius 1 is 0.625 bits per heavy atom. The van der Waals surface area contributed by atoms with Gasteiger partial charge in [-0.15, -0.1) is 0 Å². The highest BCUT2D eigenvalue weighted by molar-refractivity contribution is 5.26. The topological polar surface area (TPSA) is 36.9 Å². The molecule has 2 rings (SSSR count). The van der Waals surface area contributed by atoms with Crippen molar-refractivity contribution in [1.29, 1.82) is 0 Å². The smallest absolute Gasteiger partial charge is 0.155 e. The highest BCUT2D eigenvalue weighted by atomic mass is 16.7. The van der Waals surface area contributed by atoms with Gasteiger partial charge in [0, 0.05) is 0 Å². The molecule has 0 heterocycles. The van der Waals surface area contributed by atoms with Crippen molar-refractivity contribution < 1.29 is 18.9 Å². The molecular formula is C20H26O4. The molecule has 0 fully saturated rings. The average molecular weight is 330 g/mol. The van der Waals surface area contributed by atoms with E-state index in [1.165, 1.54) is 11.1 Å². The first-order valence-electron chi connectivity index (χ1n) is 8.25. The summed E-state index contributed by atoms with van der Waals surface area (Å²) in [5.74, 6) is 1.70. The van der Waals surface area contributed by atoms with Gasteiger partial charge in [-0.1, -0.05) is 35.4 Å². The molecule has 0 radical (unpaired) electrons. The van der Waals surface area contributed by atoms with Crippen molar-refractivity contribution in [3.05, 3.63) is 59.7 Å². The second kappa shape index (κ2) is 9.96. The third kappa shape index (κ3) is 7.02. The fourth-order valence-corrected chi connectivity index (χ4v) is 2.06. The summed E-state index contributed by atoms with van der Waals surface area (Å²) in [6, 6.07) is 15.9. The zero-order valence-corrected chi connectivity index (χ0v) is 14.7. The molecule has 0 aromatic heterocycles. The first kappa shape index (κ1) is 18.3. The summed E-state index contributed by atoms with van der Waals surface area (Å²) in [5, 5.41) is 0. The number of rotatable bonds is 10. The quantitative estimate of drug-likeness (QED) is 0.485. The number of hydrogen-bond acceptors (Lipinski definition) is 4. The lowest BCUT2D eigenvalue weighted by Gasteiger charge is -2.15. The Morgan fingerprint density at radius 3 is 1.38 bits per heavy atom. The Morgan fingerprint density at radius 2 is 1.00 bits per heavy atom. The van der Waals surface area contributed by atoms with Crippen molar-refractivity contribution in [2.75, 3.05) is 26.4 Å². The predicted molar refractivity (Wildman–Crippen MR) is 94.7 cm³/mol. The van der Waals surface area contributed by atoms with Gasteiger partial charge in [0.2, 0.25) is 0 Å². The molecule has 4 nitrogen and oxygen atoms in total. The Labute approximate surface area is 144 Å². The van der Waals surface area contributed by atoms with E-state index in [0.717, 1.165) is 11.5 Å². The van der Waals surface area contributed by atoms with Crippen LogP contribution in [0.4, 0.5) is 0 Å². The van der Waals surface area contributed by atoms with Crippen LogP contribution < -0.4 is 9.47 Å². The number of hydrogen-bond donors (Lipinski definition) is 0. The van der Waals surface area contributed by atoms with Crippen LogP contribution in [0, 0.1) is 13.8 Å². The lowest BCUT2D eigenvalue weighted by Crippen LogP contribution is -2.20. The number of aryl methyl sites for hydroxylation is 2. The third-order valence-corrected chi connectivity index (χ3v) is 3.45. The second-order valence-corrected chi connectivity index (χ2v) is 5.63. The van der Waals surface area contributed by atoms with E-state index in [0.29, 0.717) is 26.4 Å². The van der Waals surface area contributed by atoms with Crippen LogP contribution in [0.15, 0.2) is 48.5 Å². The minimum Gasteiger partial charge on any atom is -0.491 e. The van der Waals surface area contributed by atoms with Crippen LogP contribution in [-0.4, -0.2) is 32.7 Å². The largest absolute Gasteiger partial charge is 0.491 e. The first-order valence-corrected chi connectivity index (χ1v) is 8.25. The van der Waals surface area contributed by atoms with Crippen LogP contribution in [0.25, 0.3) is 0 Å². The van der Waals surface area contributed by atoms with Gasteiger partial charge in [0.15, 0.2) is 6.29 Å². The molecule has 0 saturated carbocycles. The molecule has 2 aromatic rings. The van der Waals surface area contributed by atoms with Crippen LogP contribution in [0.3, 0.4) is 0 Å². The summed E-state index contributed by atoms with van der Waals surface area (Å²) < 4.78 is 22.3. The zero-order valence-electron chi connectivity index (χ0n) is 14.7. The van der Waals surface area contributed by atoms with Crippen molar-refractivity contribution >= 4 is 0 Å². The van der Waals surface area contributed by atoms with Crippen LogP contribution in [0.1, 0.15) is 18.1 Å². The molecule has 24 heavy (non-hydrogen) atoms. The van der Waals surface area contributed by atoms with Gasteiger partial charge in [0.25, 0.3) is 0 Å². The van der Waals surface area contributed by atoms with E-state index >= 15 is 0 Å². The van der Waals surface area contributed by atoms with E-state index in [9.17, 15) is 0 Å². The molecule has 0 saturated heterocycles. The highest BCUT2D eigenvalue weighted by Crippen LogP contribution is 2.12. The molecule has 4 heteroatoms. The van der Waals surface area contributed by atoms with Crippen LogP contribution in [0.5, 0.6) is 11.5 Å². The molecule has 2 aromatic carbocycles. The molecule has 0 unspecified atom stereocenters. The van der Waals surface area contributed by atoms with Gasteiger partial charge in [-0.05, 0) is 45.0 Å². The number of ether oxygens (including phenoxy) is 4. The Kier molecular flexibility index (Phi) is 7.59. The van der Waals surface area contributed by atoms with Gasteiger partial charge in [0.1, 0.15) is 24.7 Å². The summed E-state index contributed by atoms with van der Waals surface area (Å²) >= 11 is 0. The SMILES string of the molecule is Cc1ccc(OCCOC(C)OCCOc2ccc(C)cc2)cc1. The maximum Gasteiger partial charge on any atom is 0.155 e. The van der Waals surface area contributed by atoms with E-state index in [-0.39, 0.29) is 6.29 Å². The van der Waals surface area contributed by atoms with Gasteiger partial charge in [-0.3, -0.25) is 0 Å². The van der Waals surface area contributed by atoms with E-state index in [2.05, 4.69) is 13.8 Å². The minimum atomic E-state index is -0.284. The summed E-state index contributed by atoms with van der Waals surface area (Å²) in [4.78, 5) is 0. The van der Waals surface area contributed by atoms with Gasteiger partial charge >= 0.3 is 0 Å². The molecule has 0 N–H and O–H groups in total. The van der Waals surface area contributed by atoms with Crippen molar-refractivity contribution in [3.8, 4) is 11.5 Å². The van der Waals surface area contributed by atoms with Crippen LogP contribution >= 0.6 is 0 Å². The Balaban J connectivity index is 1.51. The van der Waals surface area contributed by atoms with Gasteiger partial charge in [-0.25, -0.2) is 0 Å². The van der Waals surface area contributed by atoms with Gasteiger partial charge in [-0.2, -0.15) is 0 Å². The monoisotopic (exact) mass is 330 g/mol. The van der Waals surface area contributed by atoms with Crippen molar-refractivity contribution in [2.45, 2.75) is 27.1 Å². The minimum absolute atomic E-state index is 0.284. The van der Waals surface area contributed by atoms with Crippen molar-refractivity contribution in [2.24, 2.45) is 0 Å². The standard InChI is InChI=1S/C20H26O4/c1-16-4-8-19(9-5-16)23-14-12-21-18(3)22-13-15-24-20-10-6-17(2)7-11-20/h4-11,18H,12-15H2,1-3H3. The lowest BCUT2D eigenvalue weighted by molar-refractivity contribution is -0.138. The summed E-state index contributed by atoms with van der Waals surface area (Å²) in [7, 11) is 0. The summed E-state index contributed by atoms with van der Waals surface area (Å²) in [6.45, 7) is 7.93. The Bertz CT molecular complexity index is 524. The molecule has 0 spiro atoms. The molecule has 0 aliphatic carbocycles. The summed E-state index contributed by atoms with van der Waals surface area (Å²) in [5.41, 5.74) is 2.43. The molecule has 0 bridgehead atoms. The molecule has 0 atom stereocenters. The first-order chi connectivity index (χ1) is 11.6. The average Bonchev–Trinajstić information content (AvgIpc) is 2.59. The van der Waals surface area contributed by atoms with E-state index in [1.807, 2.05) is 55.5 Å². The molecule has 0 aliphatic heterocycles. The van der Waals surface area contributed by atoms with Crippen LogP contribution in [-0.2, 0) is 9.47 Å². The highest BCUT2D eigenvalue weighted by Gasteiger charge is 2.03. The Hall–Kier alpha value is -2.04. The van der Waals surface area contributed by atoms with Crippen molar-refractivity contribution in [3.63, 3.8) is 0 Å². The second-order valence-electron chi connectivity index (χ2n) is 5.63. The fourth-order valence-electron chi connectivity index (χ4n) is 2.06. The predicted octanol–water partition coefficient (Wildman–Crippen LogP) is 4.14. The molecular weight excluding hydrogens is 304 g/mol. The van der Waals surface area contributed by atoms with Crippen molar-refractivity contribution in [1.82, 2.24) is 0 Å². The summed E-state index contributed by atoms with van der Waals surface area (Å²) in [6.07, 6.45) is -0.284. The number of benzene rings is 2. The molecule has 0 amide bonds. The van der Waals surface area contributed by atoms with Crippen LogP contribution in [0.2, 0.25) is 0 Å². The lowest BCUT2D eigenvalue weighted by atomic mass is 10.2. The van der Waals surface area contributed by atoms with E-state index < -0.39 is 0 Å². The fraction of sp³-hybridized carbons (Fsp3) is 0.400. The van der Waals surface area contributed by atoms with E-state index in [1.54, 1.807) is 0 Å². The molecule has 130 valence electrons. The van der Waals surface area contributed by atoms with Gasteiger partial charge in [0.05, 0.1) is 13.2 Å². The maximum atomic E-state index is 5.60. The maximum absolute atomic E-state index is 5.60. The zero-order chi connectivity index (χ0) is 17.2. The third-order valence-electron chi connectivity index (χ3n) is 3.45. The van der Waals surface area contributed by atoms with Gasteiger partial charge < -0.3 is 18.9 Å². The van der Waals surface area contributed by atoms with E-state index in [4.69, 9.17) is 18.9 Å².